The van der Waals surface area contributed by atoms with E-state index in [1.807, 2.05) is 37.3 Å². The lowest BCUT2D eigenvalue weighted by Gasteiger charge is -2.15. The summed E-state index contributed by atoms with van der Waals surface area (Å²) in [5.74, 6) is -0.130. The molecule has 4 rings (SSSR count). The molecular weight excluding hydrogens is 259 g/mol. The topological polar surface area (TPSA) is 0 Å². The molecule has 0 bridgehead atoms. The van der Waals surface area contributed by atoms with E-state index in [-0.39, 0.29) is 5.82 Å². The van der Waals surface area contributed by atoms with Gasteiger partial charge in [0.15, 0.2) is 0 Å². The van der Waals surface area contributed by atoms with Gasteiger partial charge in [0.2, 0.25) is 0 Å². The molecule has 0 aromatic heterocycles. The predicted molar refractivity (Wildman–Crippen MR) is 88.4 cm³/mol. The Morgan fingerprint density at radius 1 is 0.667 bits per heavy atom. The van der Waals surface area contributed by atoms with Crippen LogP contribution in [0.4, 0.5) is 4.39 Å². The highest BCUT2D eigenvalue weighted by molar-refractivity contribution is 6.16. The van der Waals surface area contributed by atoms with E-state index in [1.165, 1.54) is 5.39 Å². The summed E-state index contributed by atoms with van der Waals surface area (Å²) in [7, 11) is 0. The molecule has 0 fully saturated rings. The third-order valence-electron chi connectivity index (χ3n) is 4.49. The average Bonchev–Trinajstić information content (AvgIpc) is 2.51. The molecule has 0 atom stereocenters. The van der Waals surface area contributed by atoms with Gasteiger partial charge in [0, 0.05) is 5.39 Å². The predicted octanol–water partition coefficient (Wildman–Crippen LogP) is 5.90. The van der Waals surface area contributed by atoms with Crippen molar-refractivity contribution < 1.29 is 4.39 Å². The molecule has 102 valence electrons. The van der Waals surface area contributed by atoms with Crippen molar-refractivity contribution in [3.8, 4) is 0 Å². The van der Waals surface area contributed by atoms with Gasteiger partial charge in [-0.1, -0.05) is 48.5 Å². The Kier molecular flexibility index (Phi) is 2.52. The number of rotatable bonds is 0. The molecule has 0 unspecified atom stereocenters. The minimum atomic E-state index is -0.130. The lowest BCUT2D eigenvalue weighted by molar-refractivity contribution is 0.641. The SMILES string of the molecule is Cc1c2ccccc2c(C)c2c1c(F)cc1ccccc12. The lowest BCUT2D eigenvalue weighted by atomic mass is 9.90. The Balaban J connectivity index is 2.42. The first-order chi connectivity index (χ1) is 10.2. The first kappa shape index (κ1) is 12.3. The van der Waals surface area contributed by atoms with Crippen LogP contribution in [0.15, 0.2) is 54.6 Å². The van der Waals surface area contributed by atoms with Gasteiger partial charge in [0.05, 0.1) is 0 Å². The van der Waals surface area contributed by atoms with Gasteiger partial charge in [-0.05, 0) is 58.0 Å². The van der Waals surface area contributed by atoms with Crippen LogP contribution in [0.2, 0.25) is 0 Å². The highest BCUT2D eigenvalue weighted by Crippen LogP contribution is 2.37. The highest BCUT2D eigenvalue weighted by atomic mass is 19.1. The Labute approximate surface area is 122 Å². The van der Waals surface area contributed by atoms with E-state index < -0.39 is 0 Å². The largest absolute Gasteiger partial charge is 0.206 e. The Morgan fingerprint density at radius 2 is 1.19 bits per heavy atom. The van der Waals surface area contributed by atoms with Crippen LogP contribution in [0, 0.1) is 19.7 Å². The van der Waals surface area contributed by atoms with Crippen LogP contribution >= 0.6 is 0 Å². The molecule has 0 N–H and O–H groups in total. The molecule has 0 aliphatic heterocycles. The van der Waals surface area contributed by atoms with E-state index in [9.17, 15) is 4.39 Å². The molecule has 0 amide bonds. The molecule has 0 saturated heterocycles. The molecule has 0 heterocycles. The molecule has 1 heteroatoms. The standard InChI is InChI=1S/C20H15F/c1-12-15-8-5-6-9-16(15)13(2)20-18(21)11-14-7-3-4-10-17(14)19(12)20/h3-11H,1-2H3. The highest BCUT2D eigenvalue weighted by Gasteiger charge is 2.14. The fraction of sp³-hybridized carbons (Fsp3) is 0.100. The molecule has 0 spiro atoms. The summed E-state index contributed by atoms with van der Waals surface area (Å²) in [6.07, 6.45) is 0. The van der Waals surface area contributed by atoms with E-state index in [4.69, 9.17) is 0 Å². The average molecular weight is 274 g/mol. The molecule has 4 aromatic rings. The zero-order chi connectivity index (χ0) is 14.6. The normalized spacial score (nSPS) is 11.6. The van der Waals surface area contributed by atoms with Crippen LogP contribution in [0.3, 0.4) is 0 Å². The third kappa shape index (κ3) is 1.61. The lowest BCUT2D eigenvalue weighted by Crippen LogP contribution is -1.92. The summed E-state index contributed by atoms with van der Waals surface area (Å²) in [4.78, 5) is 0. The van der Waals surface area contributed by atoms with Gasteiger partial charge in [-0.15, -0.1) is 0 Å². The van der Waals surface area contributed by atoms with Crippen molar-refractivity contribution in [2.45, 2.75) is 13.8 Å². The smallest absolute Gasteiger partial charge is 0.131 e. The van der Waals surface area contributed by atoms with Gasteiger partial charge in [-0.2, -0.15) is 0 Å². The number of fused-ring (bicyclic) bond motifs is 4. The first-order valence-electron chi connectivity index (χ1n) is 7.17. The van der Waals surface area contributed by atoms with Gasteiger partial charge in [-0.25, -0.2) is 4.39 Å². The minimum Gasteiger partial charge on any atom is -0.206 e. The molecule has 0 nitrogen and oxygen atoms in total. The number of hydrogen-bond donors (Lipinski definition) is 0. The summed E-state index contributed by atoms with van der Waals surface area (Å²) in [5.41, 5.74) is 2.18. The van der Waals surface area contributed by atoms with E-state index in [2.05, 4.69) is 25.1 Å². The molecule has 0 saturated carbocycles. The molecule has 0 radical (unpaired) electrons. The van der Waals surface area contributed by atoms with Crippen LogP contribution in [0.1, 0.15) is 11.1 Å². The maximum absolute atomic E-state index is 14.7. The summed E-state index contributed by atoms with van der Waals surface area (Å²) < 4.78 is 14.7. The fourth-order valence-corrected chi connectivity index (χ4v) is 3.48. The minimum absolute atomic E-state index is 0.130. The van der Waals surface area contributed by atoms with Crippen LogP contribution in [0.5, 0.6) is 0 Å². The van der Waals surface area contributed by atoms with Crippen molar-refractivity contribution in [1.82, 2.24) is 0 Å². The van der Waals surface area contributed by atoms with E-state index in [1.54, 1.807) is 6.07 Å². The number of halogens is 1. The number of hydrogen-bond acceptors (Lipinski definition) is 0. The Hall–Kier alpha value is -2.41. The van der Waals surface area contributed by atoms with Crippen molar-refractivity contribution in [3.63, 3.8) is 0 Å². The molecule has 0 aliphatic rings. The van der Waals surface area contributed by atoms with Crippen molar-refractivity contribution in [3.05, 3.63) is 71.5 Å². The van der Waals surface area contributed by atoms with Crippen molar-refractivity contribution in [2.24, 2.45) is 0 Å². The second-order valence-electron chi connectivity index (χ2n) is 5.63. The second-order valence-corrected chi connectivity index (χ2v) is 5.63. The molecule has 0 aliphatic carbocycles. The van der Waals surface area contributed by atoms with Crippen molar-refractivity contribution in [2.75, 3.05) is 0 Å². The number of benzene rings is 4. The molecule has 4 aromatic carbocycles. The van der Waals surface area contributed by atoms with E-state index >= 15 is 0 Å². The van der Waals surface area contributed by atoms with E-state index in [0.717, 1.165) is 38.1 Å². The summed E-state index contributed by atoms with van der Waals surface area (Å²) in [5, 5.41) is 6.22. The van der Waals surface area contributed by atoms with Gasteiger partial charge in [-0.3, -0.25) is 0 Å². The Morgan fingerprint density at radius 3 is 1.86 bits per heavy atom. The van der Waals surface area contributed by atoms with Crippen molar-refractivity contribution >= 4 is 32.3 Å². The van der Waals surface area contributed by atoms with Gasteiger partial charge >= 0.3 is 0 Å². The summed E-state index contributed by atoms with van der Waals surface area (Å²) >= 11 is 0. The second kappa shape index (κ2) is 4.29. The molecular formula is C20H15F. The maximum Gasteiger partial charge on any atom is 0.131 e. The van der Waals surface area contributed by atoms with Crippen molar-refractivity contribution in [1.29, 1.82) is 0 Å². The van der Waals surface area contributed by atoms with Crippen LogP contribution in [0.25, 0.3) is 32.3 Å². The van der Waals surface area contributed by atoms with Gasteiger partial charge in [0.1, 0.15) is 5.82 Å². The first-order valence-corrected chi connectivity index (χ1v) is 7.17. The quantitative estimate of drug-likeness (QED) is 0.276. The maximum atomic E-state index is 14.7. The van der Waals surface area contributed by atoms with Crippen LogP contribution < -0.4 is 0 Å². The van der Waals surface area contributed by atoms with Crippen LogP contribution in [-0.4, -0.2) is 0 Å². The number of aryl methyl sites for hydroxylation is 2. The van der Waals surface area contributed by atoms with Gasteiger partial charge < -0.3 is 0 Å². The van der Waals surface area contributed by atoms with E-state index in [0.29, 0.717) is 0 Å². The fourth-order valence-electron chi connectivity index (χ4n) is 3.48. The molecule has 21 heavy (non-hydrogen) atoms. The monoisotopic (exact) mass is 274 g/mol. The zero-order valence-corrected chi connectivity index (χ0v) is 12.1. The Bertz CT molecular complexity index is 1010. The zero-order valence-electron chi connectivity index (χ0n) is 12.1. The summed E-state index contributed by atoms with van der Waals surface area (Å²) in [6.45, 7) is 4.11. The van der Waals surface area contributed by atoms with Crippen LogP contribution in [-0.2, 0) is 0 Å². The van der Waals surface area contributed by atoms with Gasteiger partial charge in [0.25, 0.3) is 0 Å². The third-order valence-corrected chi connectivity index (χ3v) is 4.49. The summed E-state index contributed by atoms with van der Waals surface area (Å²) in [6, 6.07) is 17.9.